The van der Waals surface area contributed by atoms with Gasteiger partial charge in [0.2, 0.25) is 5.91 Å². The first-order valence-electron chi connectivity index (χ1n) is 5.78. The topological polar surface area (TPSA) is 84.9 Å². The van der Waals surface area contributed by atoms with E-state index in [4.69, 9.17) is 14.6 Å². The van der Waals surface area contributed by atoms with Crippen molar-refractivity contribution in [3.63, 3.8) is 0 Å². The number of anilines is 1. The summed E-state index contributed by atoms with van der Waals surface area (Å²) in [6, 6.07) is 4.41. The highest BCUT2D eigenvalue weighted by Gasteiger charge is 2.12. The Morgan fingerprint density at radius 2 is 2.05 bits per heavy atom. The van der Waals surface area contributed by atoms with Gasteiger partial charge in [0.15, 0.2) is 0 Å². The molecule has 104 valence electrons. The molecule has 6 nitrogen and oxygen atoms in total. The van der Waals surface area contributed by atoms with E-state index in [-0.39, 0.29) is 17.2 Å². The molecule has 1 rings (SSSR count). The van der Waals surface area contributed by atoms with Crippen LogP contribution in [0.5, 0.6) is 5.75 Å². The molecule has 6 heteroatoms. The van der Waals surface area contributed by atoms with E-state index in [0.29, 0.717) is 25.1 Å². The number of methoxy groups -OCH3 is 2. The van der Waals surface area contributed by atoms with Crippen molar-refractivity contribution < 1.29 is 24.2 Å². The molecule has 1 aromatic carbocycles. The van der Waals surface area contributed by atoms with Crippen molar-refractivity contribution in [1.82, 2.24) is 0 Å². The predicted octanol–water partition coefficient (Wildman–Crippen LogP) is 1.76. The Labute approximate surface area is 111 Å². The van der Waals surface area contributed by atoms with Gasteiger partial charge in [-0.2, -0.15) is 0 Å². The Balaban J connectivity index is 2.69. The van der Waals surface area contributed by atoms with Crippen molar-refractivity contribution in [3.05, 3.63) is 23.8 Å². The molecule has 0 aliphatic heterocycles. The lowest BCUT2D eigenvalue weighted by Gasteiger charge is -2.09. The third kappa shape index (κ3) is 4.59. The fraction of sp³-hybridized carbons (Fsp3) is 0.385. The number of carbonyl (C=O) groups is 2. The fourth-order valence-electron chi connectivity index (χ4n) is 1.55. The van der Waals surface area contributed by atoms with Gasteiger partial charge in [0, 0.05) is 31.9 Å². The van der Waals surface area contributed by atoms with E-state index in [1.807, 2.05) is 0 Å². The SMILES string of the molecule is COCCCC(=O)Nc1ccc(C(=O)O)c(OC)c1. The molecule has 2 N–H and O–H groups in total. The Hall–Kier alpha value is -2.08. The maximum atomic E-state index is 11.6. The summed E-state index contributed by atoms with van der Waals surface area (Å²) < 4.78 is 9.83. The Morgan fingerprint density at radius 3 is 2.63 bits per heavy atom. The number of amides is 1. The summed E-state index contributed by atoms with van der Waals surface area (Å²) >= 11 is 0. The average Bonchev–Trinajstić information content (AvgIpc) is 2.38. The van der Waals surface area contributed by atoms with E-state index in [9.17, 15) is 9.59 Å². The first kappa shape index (κ1) is 15.0. The second-order valence-electron chi connectivity index (χ2n) is 3.86. The van der Waals surface area contributed by atoms with Crippen LogP contribution in [-0.2, 0) is 9.53 Å². The highest BCUT2D eigenvalue weighted by Crippen LogP contribution is 2.23. The quantitative estimate of drug-likeness (QED) is 0.735. The molecule has 0 heterocycles. The van der Waals surface area contributed by atoms with Gasteiger partial charge in [-0.3, -0.25) is 4.79 Å². The molecule has 0 aromatic heterocycles. The van der Waals surface area contributed by atoms with E-state index in [2.05, 4.69) is 5.32 Å². The highest BCUT2D eigenvalue weighted by atomic mass is 16.5. The van der Waals surface area contributed by atoms with Crippen LogP contribution >= 0.6 is 0 Å². The highest BCUT2D eigenvalue weighted by molar-refractivity contribution is 5.94. The smallest absolute Gasteiger partial charge is 0.339 e. The summed E-state index contributed by atoms with van der Waals surface area (Å²) in [6.07, 6.45) is 0.976. The van der Waals surface area contributed by atoms with Crippen LogP contribution in [0.4, 0.5) is 5.69 Å². The zero-order valence-corrected chi connectivity index (χ0v) is 10.9. The lowest BCUT2D eigenvalue weighted by Crippen LogP contribution is -2.12. The predicted molar refractivity (Wildman–Crippen MR) is 69.7 cm³/mol. The van der Waals surface area contributed by atoms with Gasteiger partial charge < -0.3 is 19.9 Å². The van der Waals surface area contributed by atoms with Crippen LogP contribution in [0.15, 0.2) is 18.2 Å². The number of carboxylic acids is 1. The molecule has 0 aliphatic carbocycles. The molecule has 0 fully saturated rings. The molecule has 0 aliphatic rings. The maximum Gasteiger partial charge on any atom is 0.339 e. The van der Waals surface area contributed by atoms with Gasteiger partial charge in [-0.15, -0.1) is 0 Å². The van der Waals surface area contributed by atoms with E-state index in [1.54, 1.807) is 7.11 Å². The minimum atomic E-state index is -1.07. The Morgan fingerprint density at radius 1 is 1.32 bits per heavy atom. The molecule has 0 spiro atoms. The minimum absolute atomic E-state index is 0.0554. The fourth-order valence-corrected chi connectivity index (χ4v) is 1.55. The number of ether oxygens (including phenoxy) is 2. The summed E-state index contributed by atoms with van der Waals surface area (Å²) in [5.74, 6) is -1.01. The second-order valence-corrected chi connectivity index (χ2v) is 3.86. The normalized spacial score (nSPS) is 10.0. The third-order valence-corrected chi connectivity index (χ3v) is 2.47. The first-order chi connectivity index (χ1) is 9.08. The summed E-state index contributed by atoms with van der Waals surface area (Å²) in [5, 5.41) is 11.6. The van der Waals surface area contributed by atoms with E-state index < -0.39 is 5.97 Å². The molecule has 1 amide bonds. The second kappa shape index (κ2) is 7.38. The molecule has 1 aromatic rings. The van der Waals surface area contributed by atoms with Crippen molar-refractivity contribution in [2.75, 3.05) is 26.1 Å². The molecule has 0 atom stereocenters. The molecule has 0 unspecified atom stereocenters. The van der Waals surface area contributed by atoms with Crippen LogP contribution < -0.4 is 10.1 Å². The lowest BCUT2D eigenvalue weighted by molar-refractivity contribution is -0.116. The van der Waals surface area contributed by atoms with Gasteiger partial charge in [-0.25, -0.2) is 4.79 Å². The van der Waals surface area contributed by atoms with Crippen LogP contribution in [0.1, 0.15) is 23.2 Å². The molecule has 0 saturated carbocycles. The monoisotopic (exact) mass is 267 g/mol. The minimum Gasteiger partial charge on any atom is -0.496 e. The van der Waals surface area contributed by atoms with Crippen molar-refractivity contribution in [2.24, 2.45) is 0 Å². The Bertz CT molecular complexity index is 458. The van der Waals surface area contributed by atoms with Crippen molar-refractivity contribution >= 4 is 17.6 Å². The van der Waals surface area contributed by atoms with E-state index in [0.717, 1.165) is 0 Å². The van der Waals surface area contributed by atoms with Gasteiger partial charge in [0.25, 0.3) is 0 Å². The average molecular weight is 267 g/mol. The summed E-state index contributed by atoms with van der Waals surface area (Å²) in [4.78, 5) is 22.5. The van der Waals surface area contributed by atoms with Gasteiger partial charge >= 0.3 is 5.97 Å². The largest absolute Gasteiger partial charge is 0.496 e. The van der Waals surface area contributed by atoms with Gasteiger partial charge in [0.05, 0.1) is 7.11 Å². The first-order valence-corrected chi connectivity index (χ1v) is 5.78. The number of nitrogens with one attached hydrogen (secondary N) is 1. The van der Waals surface area contributed by atoms with Crippen LogP contribution in [-0.4, -0.2) is 37.8 Å². The Kier molecular flexibility index (Phi) is 5.81. The van der Waals surface area contributed by atoms with Crippen molar-refractivity contribution in [1.29, 1.82) is 0 Å². The molecule has 0 radical (unpaired) electrons. The maximum absolute atomic E-state index is 11.6. The number of carbonyl (C=O) groups excluding carboxylic acids is 1. The lowest BCUT2D eigenvalue weighted by atomic mass is 10.1. The van der Waals surface area contributed by atoms with Crippen molar-refractivity contribution in [2.45, 2.75) is 12.8 Å². The van der Waals surface area contributed by atoms with Gasteiger partial charge in [-0.05, 0) is 18.6 Å². The van der Waals surface area contributed by atoms with Gasteiger partial charge in [-0.1, -0.05) is 0 Å². The number of benzene rings is 1. The van der Waals surface area contributed by atoms with Gasteiger partial charge in [0.1, 0.15) is 11.3 Å². The van der Waals surface area contributed by atoms with Crippen LogP contribution in [0.2, 0.25) is 0 Å². The summed E-state index contributed by atoms with van der Waals surface area (Å²) in [7, 11) is 2.96. The van der Waals surface area contributed by atoms with Crippen LogP contribution in [0, 0.1) is 0 Å². The zero-order valence-electron chi connectivity index (χ0n) is 10.9. The number of rotatable bonds is 7. The standard InChI is InChI=1S/C13H17NO5/c1-18-7-3-4-12(15)14-9-5-6-10(13(16)17)11(8-9)19-2/h5-6,8H,3-4,7H2,1-2H3,(H,14,15)(H,16,17). The zero-order chi connectivity index (χ0) is 14.3. The van der Waals surface area contributed by atoms with E-state index in [1.165, 1.54) is 25.3 Å². The number of hydrogen-bond acceptors (Lipinski definition) is 4. The molecular weight excluding hydrogens is 250 g/mol. The number of aromatic carboxylic acids is 1. The summed E-state index contributed by atoms with van der Waals surface area (Å²) in [6.45, 7) is 0.523. The molecule has 0 saturated heterocycles. The summed E-state index contributed by atoms with van der Waals surface area (Å²) in [5.41, 5.74) is 0.559. The number of carboxylic acid groups (broad SMARTS) is 1. The van der Waals surface area contributed by atoms with Crippen molar-refractivity contribution in [3.8, 4) is 5.75 Å². The molecular formula is C13H17NO5. The number of hydrogen-bond donors (Lipinski definition) is 2. The van der Waals surface area contributed by atoms with Crippen LogP contribution in [0.3, 0.4) is 0 Å². The van der Waals surface area contributed by atoms with Crippen LogP contribution in [0.25, 0.3) is 0 Å². The van der Waals surface area contributed by atoms with E-state index >= 15 is 0 Å². The molecule has 19 heavy (non-hydrogen) atoms. The third-order valence-electron chi connectivity index (χ3n) is 2.47. The molecule has 0 bridgehead atoms.